The maximum Gasteiger partial charge on any atom is 0.138 e. The molecule has 0 bridgehead atoms. The fourth-order valence-electron chi connectivity index (χ4n) is 2.41. The van der Waals surface area contributed by atoms with E-state index in [1.807, 2.05) is 0 Å². The molecule has 1 fully saturated rings. The molecule has 2 rings (SSSR count). The van der Waals surface area contributed by atoms with Crippen LogP contribution in [0.15, 0.2) is 6.07 Å². The maximum atomic E-state index is 4.79. The number of anilines is 2. The lowest BCUT2D eigenvalue weighted by molar-refractivity contribution is 0.544. The van der Waals surface area contributed by atoms with Crippen LogP contribution in [-0.2, 0) is 5.41 Å². The van der Waals surface area contributed by atoms with Crippen LogP contribution in [0, 0.1) is 11.8 Å². The molecular formula is C17H30N4. The van der Waals surface area contributed by atoms with Gasteiger partial charge >= 0.3 is 0 Å². The minimum Gasteiger partial charge on any atom is -0.370 e. The van der Waals surface area contributed by atoms with Crippen molar-refractivity contribution in [3.05, 3.63) is 11.9 Å². The molecule has 1 N–H and O–H groups in total. The molecule has 0 radical (unpaired) electrons. The second-order valence-corrected chi connectivity index (χ2v) is 7.47. The van der Waals surface area contributed by atoms with Crippen molar-refractivity contribution in [1.82, 2.24) is 9.97 Å². The molecule has 1 aromatic heterocycles. The van der Waals surface area contributed by atoms with Gasteiger partial charge in [-0.25, -0.2) is 9.97 Å². The summed E-state index contributed by atoms with van der Waals surface area (Å²) < 4.78 is 0. The molecule has 1 aromatic rings. The molecule has 1 aliphatic carbocycles. The van der Waals surface area contributed by atoms with Gasteiger partial charge in [-0.1, -0.05) is 34.6 Å². The molecule has 0 saturated heterocycles. The summed E-state index contributed by atoms with van der Waals surface area (Å²) in [6, 6.07) is 2.08. The Bertz CT molecular complexity index is 478. The lowest BCUT2D eigenvalue weighted by Gasteiger charge is -2.23. The quantitative estimate of drug-likeness (QED) is 0.867. The SMILES string of the molecule is CCCNc1cc(N(C)CC2CC2C)nc(C(C)(C)C)n1. The van der Waals surface area contributed by atoms with Gasteiger partial charge in [-0.15, -0.1) is 0 Å². The Balaban J connectivity index is 2.21. The molecule has 2 atom stereocenters. The molecule has 1 aliphatic rings. The van der Waals surface area contributed by atoms with Crippen molar-refractivity contribution >= 4 is 11.6 Å². The highest BCUT2D eigenvalue weighted by molar-refractivity contribution is 5.49. The van der Waals surface area contributed by atoms with Crippen LogP contribution in [0.1, 0.15) is 53.3 Å². The molecule has 1 heterocycles. The smallest absolute Gasteiger partial charge is 0.138 e. The Morgan fingerprint density at radius 2 is 2.00 bits per heavy atom. The molecule has 4 nitrogen and oxygen atoms in total. The highest BCUT2D eigenvalue weighted by atomic mass is 15.2. The van der Waals surface area contributed by atoms with Crippen molar-refractivity contribution in [2.24, 2.45) is 11.8 Å². The van der Waals surface area contributed by atoms with Crippen molar-refractivity contribution in [3.63, 3.8) is 0 Å². The summed E-state index contributed by atoms with van der Waals surface area (Å²) >= 11 is 0. The second kappa shape index (κ2) is 6.20. The molecular weight excluding hydrogens is 260 g/mol. The number of nitrogens with zero attached hydrogens (tertiary/aromatic N) is 3. The van der Waals surface area contributed by atoms with Crippen LogP contribution >= 0.6 is 0 Å². The summed E-state index contributed by atoms with van der Waals surface area (Å²) in [6.07, 6.45) is 2.45. The van der Waals surface area contributed by atoms with Gasteiger partial charge in [-0.3, -0.25) is 0 Å². The zero-order valence-electron chi connectivity index (χ0n) is 14.4. The fourth-order valence-corrected chi connectivity index (χ4v) is 2.41. The maximum absolute atomic E-state index is 4.79. The van der Waals surface area contributed by atoms with E-state index in [1.165, 1.54) is 6.42 Å². The van der Waals surface area contributed by atoms with Crippen LogP contribution in [0.4, 0.5) is 11.6 Å². The van der Waals surface area contributed by atoms with Gasteiger partial charge in [0.1, 0.15) is 17.5 Å². The Morgan fingerprint density at radius 3 is 2.52 bits per heavy atom. The number of hydrogen-bond acceptors (Lipinski definition) is 4. The van der Waals surface area contributed by atoms with E-state index in [4.69, 9.17) is 4.98 Å². The minimum atomic E-state index is -0.0354. The first-order valence-corrected chi connectivity index (χ1v) is 8.15. The predicted octanol–water partition coefficient (Wildman–Crippen LogP) is 3.69. The van der Waals surface area contributed by atoms with Crippen molar-refractivity contribution in [3.8, 4) is 0 Å². The molecule has 1 saturated carbocycles. The third-order valence-corrected chi connectivity index (χ3v) is 4.12. The summed E-state index contributed by atoms with van der Waals surface area (Å²) in [5, 5.41) is 3.40. The van der Waals surface area contributed by atoms with E-state index in [0.717, 1.165) is 48.8 Å². The minimum absolute atomic E-state index is 0.0354. The number of nitrogens with one attached hydrogen (secondary N) is 1. The van der Waals surface area contributed by atoms with Gasteiger partial charge in [-0.2, -0.15) is 0 Å². The Kier molecular flexibility index (Phi) is 4.74. The molecule has 21 heavy (non-hydrogen) atoms. The summed E-state index contributed by atoms with van der Waals surface area (Å²) in [4.78, 5) is 11.8. The van der Waals surface area contributed by atoms with Gasteiger partial charge in [0, 0.05) is 31.6 Å². The lowest BCUT2D eigenvalue weighted by atomic mass is 9.96. The average Bonchev–Trinajstić information content (AvgIpc) is 3.10. The Labute approximate surface area is 129 Å². The summed E-state index contributed by atoms with van der Waals surface area (Å²) in [5.41, 5.74) is -0.0354. The van der Waals surface area contributed by atoms with E-state index >= 15 is 0 Å². The molecule has 0 amide bonds. The predicted molar refractivity (Wildman–Crippen MR) is 90.1 cm³/mol. The zero-order chi connectivity index (χ0) is 15.6. The van der Waals surface area contributed by atoms with E-state index < -0.39 is 0 Å². The topological polar surface area (TPSA) is 41.0 Å². The number of rotatable bonds is 6. The average molecular weight is 290 g/mol. The van der Waals surface area contributed by atoms with Crippen LogP contribution in [0.25, 0.3) is 0 Å². The first-order valence-electron chi connectivity index (χ1n) is 8.15. The molecule has 0 spiro atoms. The van der Waals surface area contributed by atoms with Gasteiger partial charge in [0.25, 0.3) is 0 Å². The summed E-state index contributed by atoms with van der Waals surface area (Å²) in [5.74, 6) is 4.59. The molecule has 118 valence electrons. The first-order chi connectivity index (χ1) is 9.81. The van der Waals surface area contributed by atoms with Crippen LogP contribution in [-0.4, -0.2) is 30.1 Å². The van der Waals surface area contributed by atoms with Gasteiger partial charge in [0.15, 0.2) is 0 Å². The van der Waals surface area contributed by atoms with Gasteiger partial charge in [0.2, 0.25) is 0 Å². The summed E-state index contributed by atoms with van der Waals surface area (Å²) in [7, 11) is 2.14. The highest BCUT2D eigenvalue weighted by Gasteiger charge is 2.33. The van der Waals surface area contributed by atoms with E-state index in [-0.39, 0.29) is 5.41 Å². The lowest BCUT2D eigenvalue weighted by Crippen LogP contribution is -2.25. The largest absolute Gasteiger partial charge is 0.370 e. The molecule has 0 aliphatic heterocycles. The van der Waals surface area contributed by atoms with Crippen molar-refractivity contribution in [2.45, 2.75) is 52.9 Å². The Morgan fingerprint density at radius 1 is 1.33 bits per heavy atom. The standard InChI is InChI=1S/C17H30N4/c1-7-8-18-14-10-15(20-16(19-14)17(3,4)5)21(6)11-13-9-12(13)2/h10,12-13H,7-9,11H2,1-6H3,(H,18,19,20). The fraction of sp³-hybridized carbons (Fsp3) is 0.765. The zero-order valence-corrected chi connectivity index (χ0v) is 14.4. The van der Waals surface area contributed by atoms with Crippen molar-refractivity contribution in [1.29, 1.82) is 0 Å². The van der Waals surface area contributed by atoms with E-state index in [9.17, 15) is 0 Å². The van der Waals surface area contributed by atoms with Gasteiger partial charge in [0.05, 0.1) is 0 Å². The Hall–Kier alpha value is -1.32. The van der Waals surface area contributed by atoms with E-state index in [1.54, 1.807) is 0 Å². The third-order valence-electron chi connectivity index (χ3n) is 4.12. The van der Waals surface area contributed by atoms with E-state index in [0.29, 0.717) is 0 Å². The van der Waals surface area contributed by atoms with Crippen LogP contribution < -0.4 is 10.2 Å². The molecule has 0 aromatic carbocycles. The van der Waals surface area contributed by atoms with Gasteiger partial charge in [-0.05, 0) is 24.7 Å². The highest BCUT2D eigenvalue weighted by Crippen LogP contribution is 2.38. The normalized spacial score (nSPS) is 21.2. The van der Waals surface area contributed by atoms with Crippen LogP contribution in [0.5, 0.6) is 0 Å². The van der Waals surface area contributed by atoms with Gasteiger partial charge < -0.3 is 10.2 Å². The molecule has 2 unspecified atom stereocenters. The van der Waals surface area contributed by atoms with Crippen LogP contribution in [0.3, 0.4) is 0 Å². The molecule has 4 heteroatoms. The van der Waals surface area contributed by atoms with Crippen molar-refractivity contribution in [2.75, 3.05) is 30.4 Å². The first kappa shape index (κ1) is 16.1. The second-order valence-electron chi connectivity index (χ2n) is 7.47. The monoisotopic (exact) mass is 290 g/mol. The summed E-state index contributed by atoms with van der Waals surface area (Å²) in [6.45, 7) is 13.0. The third kappa shape index (κ3) is 4.32. The number of hydrogen-bond donors (Lipinski definition) is 1. The van der Waals surface area contributed by atoms with Crippen LogP contribution in [0.2, 0.25) is 0 Å². The number of aromatic nitrogens is 2. The van der Waals surface area contributed by atoms with E-state index in [2.05, 4.69) is 62.9 Å². The van der Waals surface area contributed by atoms with Crippen molar-refractivity contribution < 1.29 is 0 Å².